The quantitative estimate of drug-likeness (QED) is 0.0222. The van der Waals surface area contributed by atoms with E-state index in [-0.39, 0.29) is 25.7 Å². The van der Waals surface area contributed by atoms with Crippen LogP contribution in [0, 0.1) is 0 Å². The van der Waals surface area contributed by atoms with Crippen LogP contribution < -0.4 is 0 Å². The predicted octanol–water partition coefficient (Wildman–Crippen LogP) is 12.1. The van der Waals surface area contributed by atoms with Gasteiger partial charge in [0.1, 0.15) is 19.3 Å². The van der Waals surface area contributed by atoms with Gasteiger partial charge in [-0.15, -0.1) is 0 Å². The average molecular weight is 1020 g/mol. The van der Waals surface area contributed by atoms with E-state index in [0.717, 1.165) is 116 Å². The molecule has 0 spiro atoms. The van der Waals surface area contributed by atoms with Crippen molar-refractivity contribution in [3.63, 3.8) is 0 Å². The lowest BCUT2D eigenvalue weighted by Gasteiger charge is -2.21. The van der Waals surface area contributed by atoms with E-state index in [4.69, 9.17) is 37.0 Å². The lowest BCUT2D eigenvalue weighted by atomic mass is 10.1. The van der Waals surface area contributed by atoms with Gasteiger partial charge in [0.2, 0.25) is 0 Å². The van der Waals surface area contributed by atoms with Crippen LogP contribution in [0.25, 0.3) is 0 Å². The molecule has 0 aliphatic heterocycles. The second-order valence-electron chi connectivity index (χ2n) is 17.8. The SMILES string of the molecule is CCCCCCCCCCC(=O)OC[C@H](COP(=O)(O)OC[C@@H](O)COP(=O)(O)OC[C@@H](COC(=O)CCCCCCCCC)OC(=O)CCCCCCC)OC(=O)CCCCCCCCCC. The van der Waals surface area contributed by atoms with E-state index in [1.807, 2.05) is 0 Å². The molecule has 0 rings (SSSR count). The zero-order valence-corrected chi connectivity index (χ0v) is 44.3. The molecule has 0 aromatic carbocycles. The summed E-state index contributed by atoms with van der Waals surface area (Å²) in [5.41, 5.74) is 0. The maximum atomic E-state index is 12.8. The highest BCUT2D eigenvalue weighted by Gasteiger charge is 2.30. The van der Waals surface area contributed by atoms with E-state index in [9.17, 15) is 43.2 Å². The van der Waals surface area contributed by atoms with Gasteiger partial charge in [0.15, 0.2) is 12.2 Å². The molecule has 0 aliphatic rings. The molecule has 3 N–H and O–H groups in total. The summed E-state index contributed by atoms with van der Waals surface area (Å²) in [6.45, 7) is 4.58. The summed E-state index contributed by atoms with van der Waals surface area (Å²) in [4.78, 5) is 70.9. The highest BCUT2D eigenvalue weighted by atomic mass is 31.2. The first-order valence-corrected chi connectivity index (χ1v) is 29.3. The molecule has 402 valence electrons. The maximum Gasteiger partial charge on any atom is 0.472 e. The Bertz CT molecular complexity index is 1350. The Hall–Kier alpha value is -1.94. The number of ether oxygens (including phenoxy) is 4. The minimum Gasteiger partial charge on any atom is -0.462 e. The van der Waals surface area contributed by atoms with Crippen LogP contribution in [0.5, 0.6) is 0 Å². The molecule has 0 aliphatic carbocycles. The Morgan fingerprint density at radius 1 is 0.353 bits per heavy atom. The average Bonchev–Trinajstić information content (AvgIpc) is 3.30. The molecule has 0 radical (unpaired) electrons. The highest BCUT2D eigenvalue weighted by molar-refractivity contribution is 7.47. The molecule has 17 nitrogen and oxygen atoms in total. The van der Waals surface area contributed by atoms with Crippen LogP contribution in [0.4, 0.5) is 0 Å². The lowest BCUT2D eigenvalue weighted by Crippen LogP contribution is -2.30. The number of carbonyl (C=O) groups is 4. The van der Waals surface area contributed by atoms with Crippen molar-refractivity contribution in [1.82, 2.24) is 0 Å². The number of aliphatic hydroxyl groups is 1. The van der Waals surface area contributed by atoms with E-state index >= 15 is 0 Å². The Kier molecular flexibility index (Phi) is 43.7. The molecule has 0 heterocycles. The molecule has 0 amide bonds. The molecule has 19 heteroatoms. The summed E-state index contributed by atoms with van der Waals surface area (Å²) in [7, 11) is -9.83. The summed E-state index contributed by atoms with van der Waals surface area (Å²) in [5, 5.41) is 10.4. The summed E-state index contributed by atoms with van der Waals surface area (Å²) < 4.78 is 66.9. The van der Waals surface area contributed by atoms with Crippen LogP contribution in [-0.2, 0) is 65.4 Å². The molecule has 0 saturated carbocycles. The first-order valence-electron chi connectivity index (χ1n) is 26.3. The molecule has 0 aromatic rings. The minimum absolute atomic E-state index is 0.0993. The zero-order valence-electron chi connectivity index (χ0n) is 42.6. The van der Waals surface area contributed by atoms with Gasteiger partial charge in [0, 0.05) is 25.7 Å². The fourth-order valence-corrected chi connectivity index (χ4v) is 8.56. The molecular weight excluding hydrogens is 922 g/mol. The largest absolute Gasteiger partial charge is 0.472 e. The number of aliphatic hydroxyl groups excluding tert-OH is 1. The molecule has 0 bridgehead atoms. The van der Waals surface area contributed by atoms with Crippen molar-refractivity contribution in [3.8, 4) is 0 Å². The van der Waals surface area contributed by atoms with Crippen molar-refractivity contribution in [3.05, 3.63) is 0 Å². The van der Waals surface area contributed by atoms with Gasteiger partial charge < -0.3 is 33.8 Å². The number of hydrogen-bond donors (Lipinski definition) is 3. The molecule has 5 atom stereocenters. The van der Waals surface area contributed by atoms with Gasteiger partial charge in [0.05, 0.1) is 26.4 Å². The third kappa shape index (κ3) is 44.0. The first kappa shape index (κ1) is 66.1. The van der Waals surface area contributed by atoms with Gasteiger partial charge in [-0.1, -0.05) is 182 Å². The maximum absolute atomic E-state index is 12.8. The van der Waals surface area contributed by atoms with E-state index in [1.165, 1.54) is 38.5 Å². The third-order valence-electron chi connectivity index (χ3n) is 11.1. The van der Waals surface area contributed by atoms with Crippen LogP contribution in [0.3, 0.4) is 0 Å². The van der Waals surface area contributed by atoms with Crippen LogP contribution in [-0.4, -0.2) is 96.7 Å². The van der Waals surface area contributed by atoms with E-state index in [2.05, 4.69) is 27.7 Å². The number of rotatable bonds is 50. The number of unbranched alkanes of at least 4 members (excludes halogenated alkanes) is 24. The highest BCUT2D eigenvalue weighted by Crippen LogP contribution is 2.45. The molecule has 0 saturated heterocycles. The minimum atomic E-state index is -4.92. The third-order valence-corrected chi connectivity index (χ3v) is 13.0. The van der Waals surface area contributed by atoms with Crippen molar-refractivity contribution in [2.45, 2.75) is 251 Å². The lowest BCUT2D eigenvalue weighted by molar-refractivity contribution is -0.161. The Balaban J connectivity index is 5.15. The summed E-state index contributed by atoms with van der Waals surface area (Å²) in [6.07, 6.45) is 24.5. The van der Waals surface area contributed by atoms with Gasteiger partial charge in [-0.3, -0.25) is 37.3 Å². The van der Waals surface area contributed by atoms with Crippen molar-refractivity contribution in [2.24, 2.45) is 0 Å². The van der Waals surface area contributed by atoms with Crippen molar-refractivity contribution in [2.75, 3.05) is 39.6 Å². The molecule has 0 fully saturated rings. The van der Waals surface area contributed by atoms with Gasteiger partial charge in [-0.2, -0.15) is 0 Å². The van der Waals surface area contributed by atoms with Gasteiger partial charge in [-0.25, -0.2) is 9.13 Å². The number of phosphoric ester groups is 2. The van der Waals surface area contributed by atoms with E-state index < -0.39 is 97.5 Å². The number of carbonyl (C=O) groups excluding carboxylic acids is 4. The van der Waals surface area contributed by atoms with Crippen LogP contribution in [0.15, 0.2) is 0 Å². The number of esters is 4. The number of phosphoric acid groups is 2. The second-order valence-corrected chi connectivity index (χ2v) is 20.8. The molecule has 2 unspecified atom stereocenters. The van der Waals surface area contributed by atoms with Crippen molar-refractivity contribution < 1.29 is 80.2 Å². The normalized spacial score (nSPS) is 14.6. The zero-order chi connectivity index (χ0) is 50.6. The Labute approximate surface area is 409 Å². The van der Waals surface area contributed by atoms with Crippen LogP contribution in [0.2, 0.25) is 0 Å². The van der Waals surface area contributed by atoms with E-state index in [0.29, 0.717) is 25.7 Å². The summed E-state index contributed by atoms with van der Waals surface area (Å²) in [5.74, 6) is -2.18. The monoisotopic (exact) mass is 1020 g/mol. The van der Waals surface area contributed by atoms with E-state index in [1.54, 1.807) is 0 Å². The Morgan fingerprint density at radius 2 is 0.588 bits per heavy atom. The van der Waals surface area contributed by atoms with Gasteiger partial charge in [0.25, 0.3) is 0 Å². The van der Waals surface area contributed by atoms with Crippen LogP contribution in [0.1, 0.15) is 233 Å². The second kappa shape index (κ2) is 45.0. The van der Waals surface area contributed by atoms with Gasteiger partial charge in [-0.05, 0) is 25.7 Å². The fraction of sp³-hybridized carbons (Fsp3) is 0.918. The van der Waals surface area contributed by atoms with Crippen molar-refractivity contribution >= 4 is 39.5 Å². The number of hydrogen-bond acceptors (Lipinski definition) is 15. The smallest absolute Gasteiger partial charge is 0.462 e. The molecule has 0 aromatic heterocycles. The first-order chi connectivity index (χ1) is 32.7. The fourth-order valence-electron chi connectivity index (χ4n) is 6.98. The Morgan fingerprint density at radius 3 is 0.868 bits per heavy atom. The summed E-state index contributed by atoms with van der Waals surface area (Å²) >= 11 is 0. The molecular formula is C49H94O17P2. The van der Waals surface area contributed by atoms with Gasteiger partial charge >= 0.3 is 39.5 Å². The summed E-state index contributed by atoms with van der Waals surface area (Å²) in [6, 6.07) is 0. The standard InChI is InChI=1S/C49H94O17P2/c1-5-9-13-17-20-23-27-30-34-47(52)60-40-45(66-49(54)36-32-28-24-21-18-14-10-6-2)42-64-68(57,58)62-38-43(50)37-61-67(55,56)63-41-44(65-48(53)35-31-25-16-12-8-4)39-59-46(51)33-29-26-22-19-15-11-7-3/h43-45,50H,5-42H2,1-4H3,(H,55,56)(H,57,58)/t43-,44+,45+/m0/s1. The van der Waals surface area contributed by atoms with Crippen LogP contribution >= 0.6 is 15.6 Å². The molecule has 68 heavy (non-hydrogen) atoms. The topological polar surface area (TPSA) is 237 Å². The predicted molar refractivity (Wildman–Crippen MR) is 262 cm³/mol. The van der Waals surface area contributed by atoms with Crippen molar-refractivity contribution in [1.29, 1.82) is 0 Å².